The van der Waals surface area contributed by atoms with E-state index in [0.717, 1.165) is 0 Å². The van der Waals surface area contributed by atoms with Gasteiger partial charge in [0, 0.05) is 0 Å². The van der Waals surface area contributed by atoms with Crippen LogP contribution in [0.4, 0.5) is 22.0 Å². The van der Waals surface area contributed by atoms with Crippen LogP contribution >= 0.6 is 0 Å². The van der Waals surface area contributed by atoms with Crippen LogP contribution < -0.4 is 0 Å². The van der Waals surface area contributed by atoms with Crippen molar-refractivity contribution in [2.75, 3.05) is 0 Å². The van der Waals surface area contributed by atoms with Gasteiger partial charge in [0.2, 0.25) is 0 Å². The van der Waals surface area contributed by atoms with Gasteiger partial charge >= 0.3 is 12.3 Å². The summed E-state index contributed by atoms with van der Waals surface area (Å²) >= 11 is 0. The van der Waals surface area contributed by atoms with E-state index in [2.05, 4.69) is 0 Å². The Bertz CT molecular complexity index is 317. The zero-order chi connectivity index (χ0) is 11.6. The third-order valence-electron chi connectivity index (χ3n) is 1.50. The topological polar surface area (TPSA) is 71.4 Å². The Hall–Kier alpha value is -1.82. The molecule has 0 amide bonds. The molecule has 0 aliphatic heterocycles. The standard InChI is InChI=1S/C5BF5N3/c7-4(8,5(9,10)11)6(1-12,2-13)3-14/q-1. The van der Waals surface area contributed by atoms with Gasteiger partial charge in [-0.05, 0) is 0 Å². The van der Waals surface area contributed by atoms with E-state index in [1.807, 2.05) is 0 Å². The van der Waals surface area contributed by atoms with Crippen molar-refractivity contribution in [3.05, 3.63) is 0 Å². The van der Waals surface area contributed by atoms with E-state index in [4.69, 9.17) is 15.8 Å². The second-order valence-corrected chi connectivity index (χ2v) is 2.37. The number of hydrogen-bond acceptors (Lipinski definition) is 3. The molecule has 0 aliphatic carbocycles. The van der Waals surface area contributed by atoms with Crippen LogP contribution in [0.1, 0.15) is 0 Å². The Morgan fingerprint density at radius 2 is 1.07 bits per heavy atom. The van der Waals surface area contributed by atoms with Crippen LogP contribution in [0.5, 0.6) is 0 Å². The monoisotopic (exact) mass is 208 g/mol. The minimum Gasteiger partial charge on any atom is -0.247 e. The van der Waals surface area contributed by atoms with Crippen LogP contribution in [0.2, 0.25) is 0 Å². The van der Waals surface area contributed by atoms with Crippen molar-refractivity contribution in [1.82, 2.24) is 0 Å². The van der Waals surface area contributed by atoms with E-state index < -0.39 is 18.1 Å². The molecule has 0 rings (SSSR count). The second kappa shape index (κ2) is 3.15. The van der Waals surface area contributed by atoms with Gasteiger partial charge in [-0.15, -0.1) is 17.9 Å². The molecule has 0 bridgehead atoms. The first-order valence-electron chi connectivity index (χ1n) is 3.02. The van der Waals surface area contributed by atoms with Crippen LogP contribution in [0.15, 0.2) is 0 Å². The van der Waals surface area contributed by atoms with E-state index in [1.165, 1.54) is 0 Å². The smallest absolute Gasteiger partial charge is 0.247 e. The molecule has 0 fully saturated rings. The van der Waals surface area contributed by atoms with Crippen molar-refractivity contribution in [2.24, 2.45) is 0 Å². The lowest BCUT2D eigenvalue weighted by Gasteiger charge is -2.30. The Labute approximate surface area is 74.9 Å². The Kier molecular flexibility index (Phi) is 2.74. The van der Waals surface area contributed by atoms with Gasteiger partial charge in [-0.1, -0.05) is 0 Å². The second-order valence-electron chi connectivity index (χ2n) is 2.37. The molecule has 0 atom stereocenters. The molecule has 3 nitrogen and oxygen atoms in total. The molecule has 14 heavy (non-hydrogen) atoms. The van der Waals surface area contributed by atoms with E-state index in [9.17, 15) is 22.0 Å². The van der Waals surface area contributed by atoms with Gasteiger partial charge in [0.1, 0.15) is 0 Å². The van der Waals surface area contributed by atoms with Crippen LogP contribution in [0, 0.1) is 33.7 Å². The number of nitriles is 3. The molecule has 0 aromatic carbocycles. The Morgan fingerprint density at radius 3 is 1.14 bits per heavy atom. The highest BCUT2D eigenvalue weighted by Crippen LogP contribution is 2.41. The van der Waals surface area contributed by atoms with Crippen molar-refractivity contribution in [3.63, 3.8) is 0 Å². The third-order valence-corrected chi connectivity index (χ3v) is 1.50. The van der Waals surface area contributed by atoms with Crippen LogP contribution in [0.25, 0.3) is 0 Å². The highest BCUT2D eigenvalue weighted by molar-refractivity contribution is 7.01. The zero-order valence-electron chi connectivity index (χ0n) is 6.31. The summed E-state index contributed by atoms with van der Waals surface area (Å²) in [5.41, 5.74) is 0. The molecule has 0 unspecified atom stereocenters. The van der Waals surface area contributed by atoms with Gasteiger partial charge in [-0.2, -0.15) is 13.2 Å². The molecule has 9 heteroatoms. The third kappa shape index (κ3) is 1.35. The molecule has 0 aromatic rings. The summed E-state index contributed by atoms with van der Waals surface area (Å²) in [5.74, 6) is -4.32. The first-order chi connectivity index (χ1) is 6.18. The molecule has 0 N–H and O–H groups in total. The van der Waals surface area contributed by atoms with Crippen molar-refractivity contribution in [2.45, 2.75) is 12.0 Å². The normalized spacial score (nSPS) is 12.4. The number of halogens is 5. The maximum absolute atomic E-state index is 12.5. The summed E-state index contributed by atoms with van der Waals surface area (Å²) in [7, 11) is 0. The van der Waals surface area contributed by atoms with Gasteiger partial charge in [-0.3, -0.25) is 0 Å². The number of rotatable bonds is 1. The highest BCUT2D eigenvalue weighted by atomic mass is 19.4. The van der Waals surface area contributed by atoms with E-state index >= 15 is 0 Å². The van der Waals surface area contributed by atoms with Crippen molar-refractivity contribution in [3.8, 4) is 17.9 Å². The molecule has 0 aliphatic rings. The highest BCUT2D eigenvalue weighted by Gasteiger charge is 2.67. The van der Waals surface area contributed by atoms with Gasteiger partial charge < -0.3 is 0 Å². The first kappa shape index (κ1) is 12.2. The van der Waals surface area contributed by atoms with Crippen LogP contribution in [-0.2, 0) is 0 Å². The maximum atomic E-state index is 12.5. The van der Waals surface area contributed by atoms with Crippen molar-refractivity contribution >= 4 is 6.15 Å². The molecular weight excluding hydrogens is 208 g/mol. The fourth-order valence-electron chi connectivity index (χ4n) is 0.575. The largest absolute Gasteiger partial charge is 0.420 e. The lowest BCUT2D eigenvalue weighted by Crippen LogP contribution is -2.59. The quantitative estimate of drug-likeness (QED) is 0.482. The Balaban J connectivity index is 5.65. The Morgan fingerprint density at radius 1 is 0.786 bits per heavy atom. The average Bonchev–Trinajstić information content (AvgIpc) is 2.06. The molecule has 0 spiro atoms. The lowest BCUT2D eigenvalue weighted by molar-refractivity contribution is -0.245. The zero-order valence-corrected chi connectivity index (χ0v) is 6.31. The fourth-order valence-corrected chi connectivity index (χ4v) is 0.575. The first-order valence-corrected chi connectivity index (χ1v) is 3.02. The summed E-state index contributed by atoms with van der Waals surface area (Å²) < 4.78 is 60.1. The number of hydrogen-bond donors (Lipinski definition) is 0. The van der Waals surface area contributed by atoms with Gasteiger partial charge in [0.05, 0.1) is 0 Å². The SMILES string of the molecule is N#C[B-](C#N)(C#N)C(F)(F)C(F)(F)F. The minimum atomic E-state index is -6.09. The summed E-state index contributed by atoms with van der Waals surface area (Å²) in [6.07, 6.45) is -10.8. The number of alkyl halides is 5. The van der Waals surface area contributed by atoms with E-state index in [0.29, 0.717) is 17.9 Å². The van der Waals surface area contributed by atoms with E-state index in [1.54, 1.807) is 0 Å². The molecule has 0 saturated carbocycles. The molecule has 0 aromatic heterocycles. The van der Waals surface area contributed by atoms with Crippen LogP contribution in [0.3, 0.4) is 0 Å². The maximum Gasteiger partial charge on any atom is 0.420 e. The van der Waals surface area contributed by atoms with Crippen molar-refractivity contribution in [1.29, 1.82) is 15.8 Å². The molecular formula is C5BF5N3-. The minimum absolute atomic E-state index is 0.432. The van der Waals surface area contributed by atoms with Gasteiger partial charge in [-0.25, -0.2) is 24.6 Å². The fraction of sp³-hybridized carbons (Fsp3) is 0.400. The summed E-state index contributed by atoms with van der Waals surface area (Å²) in [6, 6.07) is 0. The summed E-state index contributed by atoms with van der Waals surface area (Å²) in [6.45, 7) is 0. The summed E-state index contributed by atoms with van der Waals surface area (Å²) in [4.78, 5) is 0. The van der Waals surface area contributed by atoms with E-state index in [-0.39, 0.29) is 0 Å². The predicted molar refractivity (Wildman–Crippen MR) is 33.6 cm³/mol. The van der Waals surface area contributed by atoms with Crippen LogP contribution in [-0.4, -0.2) is 18.1 Å². The summed E-state index contributed by atoms with van der Waals surface area (Å²) in [5, 5.41) is 24.1. The molecule has 0 heterocycles. The van der Waals surface area contributed by atoms with Gasteiger partial charge in [0.15, 0.2) is 0 Å². The predicted octanol–water partition coefficient (Wildman–Crippen LogP) is 1.36. The van der Waals surface area contributed by atoms with Gasteiger partial charge in [0.25, 0.3) is 5.82 Å². The molecule has 0 saturated heterocycles. The molecule has 74 valence electrons. The lowest BCUT2D eigenvalue weighted by atomic mass is 9.24. The average molecular weight is 208 g/mol. The van der Waals surface area contributed by atoms with Crippen molar-refractivity contribution < 1.29 is 22.0 Å². The molecule has 0 radical (unpaired) electrons. The number of nitrogens with zero attached hydrogens (tertiary/aromatic N) is 3.